The predicted octanol–water partition coefficient (Wildman–Crippen LogP) is 1.52. The molecule has 0 spiro atoms. The first-order valence-electron chi connectivity index (χ1n) is 6.05. The van der Waals surface area contributed by atoms with Crippen molar-refractivity contribution in [1.29, 1.82) is 0 Å². The van der Waals surface area contributed by atoms with Crippen molar-refractivity contribution in [2.24, 2.45) is 0 Å². The summed E-state index contributed by atoms with van der Waals surface area (Å²) in [4.78, 5) is 0. The minimum atomic E-state index is 0. The fourth-order valence-corrected chi connectivity index (χ4v) is 1.41. The Kier molecular flexibility index (Phi) is 22.9. The van der Waals surface area contributed by atoms with E-state index < -0.39 is 0 Å². The van der Waals surface area contributed by atoms with Gasteiger partial charge in [-0.25, -0.2) is 0 Å². The number of nitrogens with zero attached hydrogens (tertiary/aromatic N) is 1. The van der Waals surface area contributed by atoms with Gasteiger partial charge in [-0.3, -0.25) is 0 Å². The van der Waals surface area contributed by atoms with Crippen LogP contribution in [0.15, 0.2) is 0 Å². The number of hydrogen-bond donors (Lipinski definition) is 0. The Hall–Kier alpha value is 2.01. The van der Waals surface area contributed by atoms with Crippen molar-refractivity contribution in [2.75, 3.05) is 13.1 Å². The normalized spacial score (nSPS) is 9.86. The zero-order valence-electron chi connectivity index (χ0n) is 10.5. The average molecular weight is 317 g/mol. The van der Waals surface area contributed by atoms with E-state index in [1.807, 2.05) is 0 Å². The maximum absolute atomic E-state index is 4.51. The summed E-state index contributed by atoms with van der Waals surface area (Å²) < 4.78 is 0. The minimum absolute atomic E-state index is 0. The monoisotopic (exact) mass is 317 g/mol. The molecule has 0 heterocycles. The van der Waals surface area contributed by atoms with Gasteiger partial charge in [-0.05, 0) is 0 Å². The molecule has 0 aromatic heterocycles. The minimum Gasteiger partial charge on any atom is -0.662 e. The van der Waals surface area contributed by atoms with Crippen LogP contribution in [0.4, 0.5) is 0 Å². The Bertz CT molecular complexity index is 76.4. The molecule has 0 amide bonds. The van der Waals surface area contributed by atoms with Crippen LogP contribution in [0.3, 0.4) is 0 Å². The van der Waals surface area contributed by atoms with E-state index in [-0.39, 0.29) is 68.9 Å². The van der Waals surface area contributed by atoms with Crippen LogP contribution in [0.1, 0.15) is 65.2 Å². The van der Waals surface area contributed by atoms with Gasteiger partial charge in [0.05, 0.1) is 0 Å². The molecule has 0 atom stereocenters. The summed E-state index contributed by atoms with van der Waals surface area (Å²) in [6, 6.07) is 0. The molecule has 0 saturated heterocycles. The van der Waals surface area contributed by atoms with Gasteiger partial charge in [0.25, 0.3) is 0 Å². The summed E-state index contributed by atoms with van der Waals surface area (Å²) in [5, 5.41) is 4.51. The molecule has 0 aliphatic carbocycles. The quantitative estimate of drug-likeness (QED) is 0.543. The van der Waals surface area contributed by atoms with Crippen LogP contribution in [0.5, 0.6) is 0 Å². The third kappa shape index (κ3) is 16.4. The Morgan fingerprint density at radius 3 is 1.43 bits per heavy atom. The number of unbranched alkanes of at least 4 members (excludes halogenated alkanes) is 6. The molecular weight excluding hydrogens is 291 g/mol. The van der Waals surface area contributed by atoms with E-state index in [1.54, 1.807) is 0 Å². The van der Waals surface area contributed by atoms with Gasteiger partial charge in [0.1, 0.15) is 0 Å². The molecule has 0 saturated carbocycles. The smallest absolute Gasteiger partial charge is 0.662 e. The molecule has 0 unspecified atom stereocenters. The first-order valence-corrected chi connectivity index (χ1v) is 6.05. The van der Waals surface area contributed by atoms with Gasteiger partial charge < -0.3 is 5.32 Å². The molecule has 0 aromatic carbocycles. The molecule has 0 bridgehead atoms. The van der Waals surface area contributed by atoms with Gasteiger partial charge >= 0.3 is 68.9 Å². The summed E-state index contributed by atoms with van der Waals surface area (Å²) >= 11 is 0. The van der Waals surface area contributed by atoms with Crippen molar-refractivity contribution in [3.8, 4) is 0 Å². The van der Waals surface area contributed by atoms with E-state index >= 15 is 0 Å². The largest absolute Gasteiger partial charge is 1.00 e. The maximum atomic E-state index is 4.51. The SMILES string of the molecule is CCCCCC[N-]CCCCCC.[Cs+]. The van der Waals surface area contributed by atoms with Crippen molar-refractivity contribution in [2.45, 2.75) is 65.2 Å². The van der Waals surface area contributed by atoms with Crippen LogP contribution >= 0.6 is 0 Å². The molecule has 0 aromatic rings. The standard InChI is InChI=1S/C12H26N.Cs/c1-3-5-7-9-11-13-12-10-8-6-4-2;/h3-12H2,1-2H3;/q-1;+1. The second-order valence-electron chi connectivity index (χ2n) is 3.79. The molecule has 0 radical (unpaired) electrons. The average Bonchev–Trinajstić information content (AvgIpc) is 2.16. The predicted molar refractivity (Wildman–Crippen MR) is 61.4 cm³/mol. The van der Waals surface area contributed by atoms with E-state index in [9.17, 15) is 0 Å². The van der Waals surface area contributed by atoms with E-state index in [0.717, 1.165) is 13.1 Å². The maximum Gasteiger partial charge on any atom is 1.00 e. The van der Waals surface area contributed by atoms with E-state index in [1.165, 1.54) is 51.4 Å². The van der Waals surface area contributed by atoms with Crippen LogP contribution in [0.2, 0.25) is 0 Å². The third-order valence-electron chi connectivity index (χ3n) is 2.34. The molecule has 14 heavy (non-hydrogen) atoms. The number of hydrogen-bond acceptors (Lipinski definition) is 0. The third-order valence-corrected chi connectivity index (χ3v) is 2.34. The summed E-state index contributed by atoms with van der Waals surface area (Å²) in [5.74, 6) is 0. The van der Waals surface area contributed by atoms with Crippen molar-refractivity contribution in [1.82, 2.24) is 0 Å². The van der Waals surface area contributed by atoms with E-state index in [4.69, 9.17) is 0 Å². The molecule has 80 valence electrons. The van der Waals surface area contributed by atoms with E-state index in [2.05, 4.69) is 19.2 Å². The Morgan fingerprint density at radius 2 is 1.07 bits per heavy atom. The van der Waals surface area contributed by atoms with E-state index in [0.29, 0.717) is 0 Å². The second-order valence-corrected chi connectivity index (χ2v) is 3.79. The fraction of sp³-hybridized carbons (Fsp3) is 1.00. The van der Waals surface area contributed by atoms with Crippen molar-refractivity contribution in [3.63, 3.8) is 0 Å². The van der Waals surface area contributed by atoms with Crippen molar-refractivity contribution >= 4 is 0 Å². The van der Waals surface area contributed by atoms with Gasteiger partial charge in [0, 0.05) is 0 Å². The zero-order chi connectivity index (χ0) is 9.78. The molecule has 0 aliphatic heterocycles. The summed E-state index contributed by atoms with van der Waals surface area (Å²) in [5.41, 5.74) is 0. The molecule has 0 aliphatic rings. The first-order chi connectivity index (χ1) is 6.41. The molecule has 0 fully saturated rings. The topological polar surface area (TPSA) is 14.1 Å². The Labute approximate surface area is 150 Å². The number of rotatable bonds is 10. The van der Waals surface area contributed by atoms with Crippen LogP contribution in [-0.4, -0.2) is 13.1 Å². The zero-order valence-corrected chi connectivity index (χ0v) is 16.8. The van der Waals surface area contributed by atoms with Crippen LogP contribution in [0.25, 0.3) is 5.32 Å². The van der Waals surface area contributed by atoms with Gasteiger partial charge in [-0.15, -0.1) is 13.1 Å². The Morgan fingerprint density at radius 1 is 0.643 bits per heavy atom. The summed E-state index contributed by atoms with van der Waals surface area (Å²) in [6.45, 7) is 6.71. The van der Waals surface area contributed by atoms with Crippen molar-refractivity contribution in [3.05, 3.63) is 5.32 Å². The van der Waals surface area contributed by atoms with Gasteiger partial charge in [0.15, 0.2) is 0 Å². The molecular formula is C12H26CsN. The van der Waals surface area contributed by atoms with Gasteiger partial charge in [-0.2, -0.15) is 0 Å². The first kappa shape index (κ1) is 18.4. The summed E-state index contributed by atoms with van der Waals surface area (Å²) in [6.07, 6.45) is 10.8. The van der Waals surface area contributed by atoms with Crippen LogP contribution in [0, 0.1) is 0 Å². The van der Waals surface area contributed by atoms with Gasteiger partial charge in [0.2, 0.25) is 0 Å². The fourth-order valence-electron chi connectivity index (χ4n) is 1.41. The summed E-state index contributed by atoms with van der Waals surface area (Å²) in [7, 11) is 0. The van der Waals surface area contributed by atoms with Gasteiger partial charge in [-0.1, -0.05) is 65.2 Å². The van der Waals surface area contributed by atoms with Crippen LogP contribution in [-0.2, 0) is 0 Å². The molecule has 1 nitrogen and oxygen atoms in total. The van der Waals surface area contributed by atoms with Crippen LogP contribution < -0.4 is 68.9 Å². The second kappa shape index (κ2) is 17.4. The van der Waals surface area contributed by atoms with Crippen molar-refractivity contribution < 1.29 is 68.9 Å². The Balaban J connectivity index is 0. The molecule has 0 rings (SSSR count). The molecule has 2 heteroatoms. The molecule has 0 N–H and O–H groups in total.